The quantitative estimate of drug-likeness (QED) is 0.343. The van der Waals surface area contributed by atoms with Crippen molar-refractivity contribution in [3.8, 4) is 0 Å². The summed E-state index contributed by atoms with van der Waals surface area (Å²) in [6.07, 6.45) is 0. The van der Waals surface area contributed by atoms with E-state index in [-0.39, 0.29) is 11.7 Å². The Labute approximate surface area is 120 Å². The molecule has 110 valence electrons. The minimum absolute atomic E-state index is 0.144. The Balaban J connectivity index is 2.00. The van der Waals surface area contributed by atoms with Gasteiger partial charge in [-0.05, 0) is 41.5 Å². The van der Waals surface area contributed by atoms with Crippen molar-refractivity contribution in [1.82, 2.24) is 5.32 Å². The van der Waals surface area contributed by atoms with Crippen LogP contribution in [0.5, 0.6) is 0 Å². The molecule has 6 heteroatoms. The maximum atomic E-state index is 13.5. The summed E-state index contributed by atoms with van der Waals surface area (Å²) in [5, 5.41) is 14.6. The van der Waals surface area contributed by atoms with Crippen LogP contribution in [-0.2, 0) is 13.1 Å². The monoisotopic (exact) mass is 291 g/mol. The van der Waals surface area contributed by atoms with Gasteiger partial charge in [0, 0.05) is 18.7 Å². The minimum atomic E-state index is -0.460. The highest BCUT2D eigenvalue weighted by Gasteiger charge is 2.05. The lowest BCUT2D eigenvalue weighted by molar-refractivity contribution is 0.318. The van der Waals surface area contributed by atoms with E-state index in [0.29, 0.717) is 24.2 Å². The molecule has 0 heterocycles. The van der Waals surface area contributed by atoms with Crippen molar-refractivity contribution in [3.63, 3.8) is 0 Å². The van der Waals surface area contributed by atoms with E-state index in [1.807, 2.05) is 0 Å². The van der Waals surface area contributed by atoms with Crippen LogP contribution in [0.25, 0.3) is 0 Å². The molecule has 0 aliphatic heterocycles. The first-order valence-corrected chi connectivity index (χ1v) is 6.31. The van der Waals surface area contributed by atoms with Gasteiger partial charge in [-0.2, -0.15) is 0 Å². The molecular formula is C15H15F2N3O. The summed E-state index contributed by atoms with van der Waals surface area (Å²) < 4.78 is 26.2. The van der Waals surface area contributed by atoms with Crippen LogP contribution in [0.1, 0.15) is 16.7 Å². The van der Waals surface area contributed by atoms with Crippen molar-refractivity contribution in [2.24, 2.45) is 10.9 Å². The molecule has 2 aromatic rings. The second kappa shape index (κ2) is 6.81. The average Bonchev–Trinajstić information content (AvgIpc) is 2.48. The zero-order chi connectivity index (χ0) is 15.2. The highest BCUT2D eigenvalue weighted by atomic mass is 19.1. The second-order valence-electron chi connectivity index (χ2n) is 4.56. The number of hydrogen-bond donors (Lipinski definition) is 3. The fraction of sp³-hybridized carbons (Fsp3) is 0.133. The van der Waals surface area contributed by atoms with Gasteiger partial charge < -0.3 is 16.3 Å². The third kappa shape index (κ3) is 4.25. The summed E-state index contributed by atoms with van der Waals surface area (Å²) in [5.74, 6) is -0.890. The number of nitrogens with zero attached hydrogens (tertiary/aromatic N) is 1. The third-order valence-corrected chi connectivity index (χ3v) is 2.93. The van der Waals surface area contributed by atoms with Crippen molar-refractivity contribution in [2.45, 2.75) is 13.1 Å². The molecule has 4 N–H and O–H groups in total. The lowest BCUT2D eigenvalue weighted by Crippen LogP contribution is -2.16. The van der Waals surface area contributed by atoms with E-state index in [0.717, 1.165) is 5.56 Å². The van der Waals surface area contributed by atoms with Crippen LogP contribution in [0, 0.1) is 11.6 Å². The molecule has 21 heavy (non-hydrogen) atoms. The molecule has 0 radical (unpaired) electrons. The maximum absolute atomic E-state index is 13.5. The highest BCUT2D eigenvalue weighted by Crippen LogP contribution is 2.10. The van der Waals surface area contributed by atoms with Gasteiger partial charge in [0.05, 0.1) is 0 Å². The SMILES string of the molecule is N/C(=N/O)c1cc(F)cc(CNCc2ccc(F)cc2)c1. The normalized spacial score (nSPS) is 11.6. The molecule has 4 nitrogen and oxygen atoms in total. The summed E-state index contributed by atoms with van der Waals surface area (Å²) in [5.41, 5.74) is 7.35. The molecule has 0 spiro atoms. The van der Waals surface area contributed by atoms with E-state index in [1.165, 1.54) is 24.3 Å². The molecule has 0 unspecified atom stereocenters. The first-order chi connectivity index (χ1) is 10.1. The standard InChI is InChI=1S/C15H15F2N3O/c16-13-3-1-10(2-4-13)8-19-9-11-5-12(15(18)20-21)7-14(17)6-11/h1-7,19,21H,8-9H2,(H2,18,20). The molecule has 0 bridgehead atoms. The fourth-order valence-electron chi connectivity index (χ4n) is 1.91. The van der Waals surface area contributed by atoms with E-state index in [2.05, 4.69) is 10.5 Å². The molecule has 0 aliphatic carbocycles. The predicted octanol–water partition coefficient (Wildman–Crippen LogP) is 2.35. The van der Waals surface area contributed by atoms with Gasteiger partial charge in [-0.15, -0.1) is 0 Å². The van der Waals surface area contributed by atoms with Gasteiger partial charge >= 0.3 is 0 Å². The molecule has 0 saturated carbocycles. The molecule has 0 saturated heterocycles. The van der Waals surface area contributed by atoms with Crippen molar-refractivity contribution in [2.75, 3.05) is 0 Å². The van der Waals surface area contributed by atoms with Crippen LogP contribution in [0.3, 0.4) is 0 Å². The van der Waals surface area contributed by atoms with Gasteiger partial charge in [0.2, 0.25) is 0 Å². The Kier molecular flexibility index (Phi) is 4.84. The Hall–Kier alpha value is -2.47. The van der Waals surface area contributed by atoms with Crippen LogP contribution < -0.4 is 11.1 Å². The lowest BCUT2D eigenvalue weighted by Gasteiger charge is -2.07. The molecule has 0 fully saturated rings. The molecule has 0 aromatic heterocycles. The average molecular weight is 291 g/mol. The molecule has 2 rings (SSSR count). The Bertz CT molecular complexity index is 642. The minimum Gasteiger partial charge on any atom is -0.409 e. The number of rotatable bonds is 5. The number of hydrogen-bond acceptors (Lipinski definition) is 3. The van der Waals surface area contributed by atoms with Gasteiger partial charge in [-0.3, -0.25) is 0 Å². The fourth-order valence-corrected chi connectivity index (χ4v) is 1.91. The number of nitrogens with two attached hydrogens (primary N) is 1. The molecular weight excluding hydrogens is 276 g/mol. The summed E-state index contributed by atoms with van der Waals surface area (Å²) in [6, 6.07) is 10.3. The zero-order valence-electron chi connectivity index (χ0n) is 11.2. The molecule has 0 atom stereocenters. The van der Waals surface area contributed by atoms with E-state index in [1.54, 1.807) is 18.2 Å². The topological polar surface area (TPSA) is 70.6 Å². The summed E-state index contributed by atoms with van der Waals surface area (Å²) in [6.45, 7) is 0.927. The van der Waals surface area contributed by atoms with Crippen LogP contribution in [0.4, 0.5) is 8.78 Å². The molecule has 0 amide bonds. The van der Waals surface area contributed by atoms with Crippen molar-refractivity contribution >= 4 is 5.84 Å². The number of halogens is 2. The van der Waals surface area contributed by atoms with E-state index < -0.39 is 5.82 Å². The van der Waals surface area contributed by atoms with Crippen LogP contribution in [0.15, 0.2) is 47.6 Å². The van der Waals surface area contributed by atoms with Gasteiger partial charge in [0.1, 0.15) is 11.6 Å². The summed E-state index contributed by atoms with van der Waals surface area (Å²) >= 11 is 0. The number of benzene rings is 2. The Morgan fingerprint density at radius 2 is 1.67 bits per heavy atom. The zero-order valence-corrected chi connectivity index (χ0v) is 11.2. The largest absolute Gasteiger partial charge is 0.409 e. The number of nitrogens with one attached hydrogen (secondary N) is 1. The summed E-state index contributed by atoms with van der Waals surface area (Å²) in [7, 11) is 0. The van der Waals surface area contributed by atoms with Gasteiger partial charge in [0.15, 0.2) is 5.84 Å². The number of amidine groups is 1. The van der Waals surface area contributed by atoms with Gasteiger partial charge in [0.25, 0.3) is 0 Å². The highest BCUT2D eigenvalue weighted by molar-refractivity contribution is 5.97. The van der Waals surface area contributed by atoms with Crippen molar-refractivity contribution < 1.29 is 14.0 Å². The van der Waals surface area contributed by atoms with Gasteiger partial charge in [-0.25, -0.2) is 8.78 Å². The first-order valence-electron chi connectivity index (χ1n) is 6.31. The van der Waals surface area contributed by atoms with Crippen LogP contribution in [-0.4, -0.2) is 11.0 Å². The van der Waals surface area contributed by atoms with E-state index in [4.69, 9.17) is 10.9 Å². The molecule has 2 aromatic carbocycles. The predicted molar refractivity (Wildman–Crippen MR) is 75.9 cm³/mol. The first kappa shape index (κ1) is 14.9. The Morgan fingerprint density at radius 3 is 2.33 bits per heavy atom. The second-order valence-corrected chi connectivity index (χ2v) is 4.56. The van der Waals surface area contributed by atoms with Crippen LogP contribution in [0.2, 0.25) is 0 Å². The van der Waals surface area contributed by atoms with Gasteiger partial charge in [-0.1, -0.05) is 17.3 Å². The van der Waals surface area contributed by atoms with Crippen molar-refractivity contribution in [1.29, 1.82) is 0 Å². The lowest BCUT2D eigenvalue weighted by atomic mass is 10.1. The number of oxime groups is 1. The smallest absolute Gasteiger partial charge is 0.170 e. The van der Waals surface area contributed by atoms with E-state index in [9.17, 15) is 8.78 Å². The summed E-state index contributed by atoms with van der Waals surface area (Å²) in [4.78, 5) is 0. The van der Waals surface area contributed by atoms with Crippen LogP contribution >= 0.6 is 0 Å². The van der Waals surface area contributed by atoms with Crippen molar-refractivity contribution in [3.05, 3.63) is 70.8 Å². The maximum Gasteiger partial charge on any atom is 0.170 e. The molecule has 0 aliphatic rings. The Morgan fingerprint density at radius 1 is 1.00 bits per heavy atom. The third-order valence-electron chi connectivity index (χ3n) is 2.93. The van der Waals surface area contributed by atoms with E-state index >= 15 is 0 Å².